The maximum absolute atomic E-state index is 5.71. The average Bonchev–Trinajstić information content (AvgIpc) is 2.64. The molecule has 3 nitrogen and oxygen atoms in total. The van der Waals surface area contributed by atoms with E-state index in [0.29, 0.717) is 11.8 Å². The molecule has 1 aliphatic rings. The molecule has 0 radical (unpaired) electrons. The van der Waals surface area contributed by atoms with Gasteiger partial charge in [0.25, 0.3) is 0 Å². The van der Waals surface area contributed by atoms with Gasteiger partial charge in [-0.05, 0) is 49.4 Å². The minimum Gasteiger partial charge on any atom is -0.331 e. The molecule has 3 rings (SSSR count). The van der Waals surface area contributed by atoms with Crippen molar-refractivity contribution in [3.63, 3.8) is 0 Å². The third kappa shape index (κ3) is 2.27. The molecule has 1 aliphatic carbocycles. The largest absolute Gasteiger partial charge is 0.331 e. The van der Waals surface area contributed by atoms with Gasteiger partial charge in [0.05, 0.1) is 11.0 Å². The van der Waals surface area contributed by atoms with Gasteiger partial charge < -0.3 is 10.3 Å². The fourth-order valence-electron chi connectivity index (χ4n) is 2.91. The van der Waals surface area contributed by atoms with Crippen molar-refractivity contribution < 1.29 is 0 Å². The van der Waals surface area contributed by atoms with Crippen molar-refractivity contribution in [3.8, 4) is 0 Å². The summed E-state index contributed by atoms with van der Waals surface area (Å²) in [5, 5.41) is 0. The van der Waals surface area contributed by atoms with Gasteiger partial charge in [0, 0.05) is 13.0 Å². The minimum absolute atomic E-state index is 0.535. The molecule has 102 valence electrons. The van der Waals surface area contributed by atoms with E-state index in [-0.39, 0.29) is 0 Å². The van der Waals surface area contributed by atoms with Crippen LogP contribution in [0, 0.1) is 5.92 Å². The third-order valence-corrected chi connectivity index (χ3v) is 4.44. The van der Waals surface area contributed by atoms with Crippen molar-refractivity contribution >= 4 is 11.0 Å². The Balaban J connectivity index is 1.94. The summed E-state index contributed by atoms with van der Waals surface area (Å²) in [6.45, 7) is 2.94. The minimum atomic E-state index is 0.535. The standard InChI is InChI=1S/C16H23N3/c1-11(10-17)8-12-6-7-15-14(9-12)18-16(19(15)2)13-4-3-5-13/h6-7,9,11,13H,3-5,8,10,17H2,1-2H3. The molecule has 0 aliphatic heterocycles. The quantitative estimate of drug-likeness (QED) is 0.915. The van der Waals surface area contributed by atoms with Crippen LogP contribution >= 0.6 is 0 Å². The molecule has 1 aromatic heterocycles. The zero-order valence-electron chi connectivity index (χ0n) is 11.9. The first-order valence-corrected chi connectivity index (χ1v) is 7.34. The Hall–Kier alpha value is -1.35. The van der Waals surface area contributed by atoms with Crippen molar-refractivity contribution in [2.75, 3.05) is 6.54 Å². The average molecular weight is 257 g/mol. The van der Waals surface area contributed by atoms with Crippen molar-refractivity contribution in [2.24, 2.45) is 18.7 Å². The van der Waals surface area contributed by atoms with Crippen molar-refractivity contribution in [1.29, 1.82) is 0 Å². The van der Waals surface area contributed by atoms with Crippen LogP contribution in [-0.4, -0.2) is 16.1 Å². The Labute approximate surface area is 114 Å². The van der Waals surface area contributed by atoms with Crippen LogP contribution in [0.15, 0.2) is 18.2 Å². The van der Waals surface area contributed by atoms with E-state index in [1.54, 1.807) is 0 Å². The van der Waals surface area contributed by atoms with Crippen molar-refractivity contribution in [3.05, 3.63) is 29.6 Å². The van der Waals surface area contributed by atoms with Crippen LogP contribution in [0.25, 0.3) is 11.0 Å². The van der Waals surface area contributed by atoms with E-state index in [2.05, 4.69) is 36.7 Å². The SMILES string of the molecule is CC(CN)Cc1ccc2c(c1)nc(C1CCC1)n2C. The van der Waals surface area contributed by atoms with Gasteiger partial charge in [-0.2, -0.15) is 0 Å². The number of rotatable bonds is 4. The summed E-state index contributed by atoms with van der Waals surface area (Å²) in [6, 6.07) is 6.67. The first-order valence-electron chi connectivity index (χ1n) is 7.34. The molecule has 2 N–H and O–H groups in total. The highest BCUT2D eigenvalue weighted by atomic mass is 15.1. The van der Waals surface area contributed by atoms with Crippen LogP contribution in [0.5, 0.6) is 0 Å². The van der Waals surface area contributed by atoms with E-state index >= 15 is 0 Å². The van der Waals surface area contributed by atoms with Crippen LogP contribution < -0.4 is 5.73 Å². The topological polar surface area (TPSA) is 43.8 Å². The normalized spacial score (nSPS) is 17.6. The highest BCUT2D eigenvalue weighted by molar-refractivity contribution is 5.77. The molecule has 3 heteroatoms. The molecule has 1 aromatic carbocycles. The van der Waals surface area contributed by atoms with Crippen LogP contribution in [0.4, 0.5) is 0 Å². The third-order valence-electron chi connectivity index (χ3n) is 4.44. The Morgan fingerprint density at radius 2 is 2.21 bits per heavy atom. The number of aryl methyl sites for hydroxylation is 1. The molecule has 1 fully saturated rings. The zero-order chi connectivity index (χ0) is 13.4. The van der Waals surface area contributed by atoms with E-state index in [9.17, 15) is 0 Å². The van der Waals surface area contributed by atoms with E-state index < -0.39 is 0 Å². The summed E-state index contributed by atoms with van der Waals surface area (Å²) in [5.41, 5.74) is 9.46. The molecular weight excluding hydrogens is 234 g/mol. The number of nitrogens with two attached hydrogens (primary N) is 1. The summed E-state index contributed by atoms with van der Waals surface area (Å²) in [5.74, 6) is 2.49. The molecule has 2 aromatic rings. The zero-order valence-corrected chi connectivity index (χ0v) is 11.9. The second-order valence-corrected chi connectivity index (χ2v) is 6.02. The number of hydrogen-bond donors (Lipinski definition) is 1. The fourth-order valence-corrected chi connectivity index (χ4v) is 2.91. The molecular formula is C16H23N3. The molecule has 0 bridgehead atoms. The smallest absolute Gasteiger partial charge is 0.112 e. The first-order chi connectivity index (χ1) is 9.19. The molecule has 0 spiro atoms. The predicted molar refractivity (Wildman–Crippen MR) is 79.2 cm³/mol. The second-order valence-electron chi connectivity index (χ2n) is 6.02. The van der Waals surface area contributed by atoms with Crippen LogP contribution in [0.3, 0.4) is 0 Å². The molecule has 1 unspecified atom stereocenters. The number of imidazole rings is 1. The van der Waals surface area contributed by atoms with Crippen LogP contribution in [0.1, 0.15) is 43.5 Å². The summed E-state index contributed by atoms with van der Waals surface area (Å²) < 4.78 is 2.27. The molecule has 1 heterocycles. The van der Waals surface area contributed by atoms with E-state index in [4.69, 9.17) is 10.7 Å². The predicted octanol–water partition coefficient (Wildman–Crippen LogP) is 2.98. The lowest BCUT2D eigenvalue weighted by molar-refractivity contribution is 0.395. The molecule has 1 saturated carbocycles. The highest BCUT2D eigenvalue weighted by Gasteiger charge is 2.24. The lowest BCUT2D eigenvalue weighted by Gasteiger charge is -2.24. The van der Waals surface area contributed by atoms with Crippen molar-refractivity contribution in [1.82, 2.24) is 9.55 Å². The van der Waals surface area contributed by atoms with Crippen LogP contribution in [0.2, 0.25) is 0 Å². The molecule has 19 heavy (non-hydrogen) atoms. The molecule has 0 saturated heterocycles. The van der Waals surface area contributed by atoms with Gasteiger partial charge in [-0.15, -0.1) is 0 Å². The number of nitrogens with zero attached hydrogens (tertiary/aromatic N) is 2. The lowest BCUT2D eigenvalue weighted by atomic mass is 9.85. The Morgan fingerprint density at radius 1 is 1.42 bits per heavy atom. The highest BCUT2D eigenvalue weighted by Crippen LogP contribution is 2.36. The summed E-state index contributed by atoms with van der Waals surface area (Å²) in [6.07, 6.45) is 5.00. The van der Waals surface area contributed by atoms with Gasteiger partial charge in [-0.25, -0.2) is 4.98 Å². The van der Waals surface area contributed by atoms with Gasteiger partial charge in [0.1, 0.15) is 5.82 Å². The van der Waals surface area contributed by atoms with Gasteiger partial charge in [0.15, 0.2) is 0 Å². The Kier molecular flexibility index (Phi) is 3.31. The van der Waals surface area contributed by atoms with Gasteiger partial charge in [-0.3, -0.25) is 0 Å². The number of fused-ring (bicyclic) bond motifs is 1. The lowest BCUT2D eigenvalue weighted by Crippen LogP contribution is -2.13. The Morgan fingerprint density at radius 3 is 2.84 bits per heavy atom. The second kappa shape index (κ2) is 4.97. The van der Waals surface area contributed by atoms with Crippen molar-refractivity contribution in [2.45, 2.75) is 38.5 Å². The molecule has 0 amide bonds. The van der Waals surface area contributed by atoms with E-state index in [1.807, 2.05) is 0 Å². The van der Waals surface area contributed by atoms with Gasteiger partial charge >= 0.3 is 0 Å². The maximum atomic E-state index is 5.71. The molecule has 1 atom stereocenters. The van der Waals surface area contributed by atoms with E-state index in [1.165, 1.54) is 36.2 Å². The fraction of sp³-hybridized carbons (Fsp3) is 0.562. The maximum Gasteiger partial charge on any atom is 0.112 e. The first kappa shape index (κ1) is 12.7. The van der Waals surface area contributed by atoms with Gasteiger partial charge in [0.2, 0.25) is 0 Å². The monoisotopic (exact) mass is 257 g/mol. The number of aromatic nitrogens is 2. The summed E-state index contributed by atoms with van der Waals surface area (Å²) in [7, 11) is 2.14. The Bertz CT molecular complexity index is 581. The van der Waals surface area contributed by atoms with Gasteiger partial charge in [-0.1, -0.05) is 19.4 Å². The van der Waals surface area contributed by atoms with Crippen LogP contribution in [-0.2, 0) is 13.5 Å². The summed E-state index contributed by atoms with van der Waals surface area (Å²) >= 11 is 0. The van der Waals surface area contributed by atoms with E-state index in [0.717, 1.165) is 18.5 Å². The number of benzene rings is 1. The summed E-state index contributed by atoms with van der Waals surface area (Å²) in [4.78, 5) is 4.86. The number of hydrogen-bond acceptors (Lipinski definition) is 2.